The van der Waals surface area contributed by atoms with Crippen molar-refractivity contribution < 1.29 is 14.5 Å². The second kappa shape index (κ2) is 9.93. The molecule has 1 aliphatic rings. The number of rotatable bonds is 7. The molecule has 0 saturated heterocycles. The average Bonchev–Trinajstić information content (AvgIpc) is 3.56. The first-order valence-electron chi connectivity index (χ1n) is 11.0. The Balaban J connectivity index is 1.49. The Morgan fingerprint density at radius 3 is 2.39 bits per heavy atom. The second-order valence-electron chi connectivity index (χ2n) is 8.21. The van der Waals surface area contributed by atoms with Gasteiger partial charge in [0.1, 0.15) is 10.8 Å². The van der Waals surface area contributed by atoms with E-state index in [1.54, 1.807) is 49.7 Å². The van der Waals surface area contributed by atoms with E-state index in [4.69, 9.17) is 21.3 Å². The number of Topliss-reactive ketones (excluding diaryl/α,β-unsaturated/α-hetero) is 1. The number of aromatic nitrogens is 1. The van der Waals surface area contributed by atoms with Crippen molar-refractivity contribution in [2.45, 2.75) is 12.0 Å². The van der Waals surface area contributed by atoms with Gasteiger partial charge in [-0.15, -0.1) is 11.3 Å². The first-order chi connectivity index (χ1) is 17.4. The third-order valence-corrected chi connectivity index (χ3v) is 7.27. The summed E-state index contributed by atoms with van der Waals surface area (Å²) < 4.78 is 5.31. The van der Waals surface area contributed by atoms with Crippen LogP contribution in [0.1, 0.15) is 32.9 Å². The summed E-state index contributed by atoms with van der Waals surface area (Å²) in [5.41, 5.74) is 3.66. The fourth-order valence-electron chi connectivity index (χ4n) is 4.23. The number of ether oxygens (including phenoxy) is 1. The zero-order valence-corrected chi connectivity index (χ0v) is 20.6. The number of ketones is 1. The molecule has 0 saturated carbocycles. The lowest BCUT2D eigenvalue weighted by atomic mass is 9.84. The van der Waals surface area contributed by atoms with Gasteiger partial charge in [0.25, 0.3) is 5.69 Å². The Bertz CT molecular complexity index is 1450. The van der Waals surface area contributed by atoms with Crippen LogP contribution in [0.25, 0.3) is 11.3 Å². The Labute approximate surface area is 216 Å². The number of nitro groups is 1. The van der Waals surface area contributed by atoms with Crippen LogP contribution in [0.5, 0.6) is 5.75 Å². The molecule has 0 fully saturated rings. The minimum Gasteiger partial charge on any atom is -0.497 e. The van der Waals surface area contributed by atoms with E-state index in [1.165, 1.54) is 23.5 Å². The maximum Gasteiger partial charge on any atom is 0.269 e. The number of methoxy groups -OCH3 is 1. The third-order valence-electron chi connectivity index (χ3n) is 6.09. The number of hydrogen-bond donors (Lipinski definition) is 1. The van der Waals surface area contributed by atoms with E-state index in [9.17, 15) is 14.9 Å². The van der Waals surface area contributed by atoms with Gasteiger partial charge in [-0.2, -0.15) is 0 Å². The summed E-state index contributed by atoms with van der Waals surface area (Å²) >= 11 is 7.49. The molecule has 36 heavy (non-hydrogen) atoms. The van der Waals surface area contributed by atoms with Gasteiger partial charge >= 0.3 is 0 Å². The number of non-ortho nitro benzene ring substituents is 1. The van der Waals surface area contributed by atoms with Crippen molar-refractivity contribution in [1.82, 2.24) is 10.3 Å². The van der Waals surface area contributed by atoms with Crippen LogP contribution in [0.2, 0.25) is 5.02 Å². The molecule has 0 aliphatic carbocycles. The summed E-state index contributed by atoms with van der Waals surface area (Å²) in [4.78, 5) is 28.9. The number of nitro benzene ring substituents is 1. The van der Waals surface area contributed by atoms with E-state index in [0.717, 1.165) is 27.6 Å². The number of nitrogens with one attached hydrogen (secondary N) is 1. The van der Waals surface area contributed by atoms with Crippen molar-refractivity contribution in [3.05, 3.63) is 121 Å². The van der Waals surface area contributed by atoms with Crippen LogP contribution in [-0.2, 0) is 0 Å². The lowest BCUT2D eigenvalue weighted by Crippen LogP contribution is -2.19. The van der Waals surface area contributed by atoms with Gasteiger partial charge in [0.05, 0.1) is 23.8 Å². The van der Waals surface area contributed by atoms with Gasteiger partial charge in [0, 0.05) is 51.4 Å². The molecular formula is C27H20ClN3O4S. The molecule has 0 spiro atoms. The molecule has 1 aliphatic heterocycles. The van der Waals surface area contributed by atoms with Gasteiger partial charge in [-0.3, -0.25) is 14.9 Å². The first kappa shape index (κ1) is 23.7. The van der Waals surface area contributed by atoms with Gasteiger partial charge < -0.3 is 10.1 Å². The number of hydrogen-bond acceptors (Lipinski definition) is 7. The molecule has 2 atom stereocenters. The van der Waals surface area contributed by atoms with Crippen LogP contribution in [-0.4, -0.2) is 22.8 Å². The minimum absolute atomic E-state index is 0.0285. The highest BCUT2D eigenvalue weighted by Gasteiger charge is 2.37. The van der Waals surface area contributed by atoms with Crippen molar-refractivity contribution in [1.29, 1.82) is 0 Å². The van der Waals surface area contributed by atoms with Crippen LogP contribution >= 0.6 is 22.9 Å². The SMILES string of the molecule is COc1ccc([C@H]2C(C(=O)c3ccc(Cl)cc3)=CN[C@@H]2c2nc(-c3ccc([N+](=O)[O-])cc3)cs2)cc1. The average molecular weight is 518 g/mol. The van der Waals surface area contributed by atoms with Crippen molar-refractivity contribution in [2.24, 2.45) is 0 Å². The molecule has 2 heterocycles. The number of thiazole rings is 1. The molecule has 9 heteroatoms. The topological polar surface area (TPSA) is 94.4 Å². The van der Waals surface area contributed by atoms with Gasteiger partial charge in [-0.1, -0.05) is 23.7 Å². The number of benzene rings is 3. The lowest BCUT2D eigenvalue weighted by Gasteiger charge is -2.21. The molecule has 1 aromatic heterocycles. The molecule has 3 aromatic carbocycles. The van der Waals surface area contributed by atoms with Crippen molar-refractivity contribution in [3.8, 4) is 17.0 Å². The quantitative estimate of drug-likeness (QED) is 0.169. The van der Waals surface area contributed by atoms with Crippen LogP contribution in [0.15, 0.2) is 89.9 Å². The van der Waals surface area contributed by atoms with Crippen molar-refractivity contribution in [2.75, 3.05) is 7.11 Å². The van der Waals surface area contributed by atoms with E-state index in [1.807, 2.05) is 29.6 Å². The third kappa shape index (κ3) is 4.60. The summed E-state index contributed by atoms with van der Waals surface area (Å²) in [5, 5.41) is 17.6. The highest BCUT2D eigenvalue weighted by atomic mass is 35.5. The largest absolute Gasteiger partial charge is 0.497 e. The van der Waals surface area contributed by atoms with E-state index < -0.39 is 4.92 Å². The lowest BCUT2D eigenvalue weighted by molar-refractivity contribution is -0.384. The standard InChI is InChI=1S/C27H20ClN3O4S/c1-35-21-12-6-17(7-13-21)24-22(26(32)18-2-8-19(28)9-3-18)14-29-25(24)27-30-23(15-36-27)16-4-10-20(11-5-16)31(33)34/h2-15,24-25,29H,1H3/t24-,25-/m0/s1. The van der Waals surface area contributed by atoms with Crippen molar-refractivity contribution in [3.63, 3.8) is 0 Å². The summed E-state index contributed by atoms with van der Waals surface area (Å²) in [6, 6.07) is 20.6. The fraction of sp³-hybridized carbons (Fsp3) is 0.111. The van der Waals surface area contributed by atoms with Gasteiger partial charge in [-0.25, -0.2) is 4.98 Å². The Morgan fingerprint density at radius 1 is 1.06 bits per heavy atom. The van der Waals surface area contributed by atoms with Gasteiger partial charge in [-0.05, 0) is 54.1 Å². The molecule has 180 valence electrons. The number of nitrogens with zero attached hydrogens (tertiary/aromatic N) is 2. The van der Waals surface area contributed by atoms with E-state index in [-0.39, 0.29) is 23.4 Å². The number of halogens is 1. The molecule has 0 radical (unpaired) electrons. The normalized spacial score (nSPS) is 16.8. The van der Waals surface area contributed by atoms with Gasteiger partial charge in [0.2, 0.25) is 0 Å². The zero-order chi connectivity index (χ0) is 25.2. The number of carbonyl (C=O) groups is 1. The summed E-state index contributed by atoms with van der Waals surface area (Å²) in [5.74, 6) is 0.357. The number of carbonyl (C=O) groups excluding carboxylic acids is 1. The highest BCUT2D eigenvalue weighted by molar-refractivity contribution is 7.10. The molecule has 0 amide bonds. The summed E-state index contributed by atoms with van der Waals surface area (Å²) in [6.45, 7) is 0. The Kier molecular flexibility index (Phi) is 6.54. The minimum atomic E-state index is -0.428. The summed E-state index contributed by atoms with van der Waals surface area (Å²) in [7, 11) is 1.61. The maximum atomic E-state index is 13.5. The second-order valence-corrected chi connectivity index (χ2v) is 9.53. The monoisotopic (exact) mass is 517 g/mol. The van der Waals surface area contributed by atoms with E-state index >= 15 is 0 Å². The van der Waals surface area contributed by atoms with Crippen LogP contribution in [0, 0.1) is 10.1 Å². The van der Waals surface area contributed by atoms with Gasteiger partial charge in [0.15, 0.2) is 5.78 Å². The van der Waals surface area contributed by atoms with E-state index in [2.05, 4.69) is 5.32 Å². The molecule has 4 aromatic rings. The first-order valence-corrected chi connectivity index (χ1v) is 12.3. The van der Waals surface area contributed by atoms with Crippen molar-refractivity contribution >= 4 is 34.4 Å². The van der Waals surface area contributed by atoms with Crippen LogP contribution in [0.4, 0.5) is 5.69 Å². The van der Waals surface area contributed by atoms with E-state index in [0.29, 0.717) is 16.2 Å². The smallest absolute Gasteiger partial charge is 0.269 e. The summed E-state index contributed by atoms with van der Waals surface area (Å²) in [6.07, 6.45) is 1.77. The predicted octanol–water partition coefficient (Wildman–Crippen LogP) is 6.58. The molecule has 0 unspecified atom stereocenters. The molecular weight excluding hydrogens is 498 g/mol. The Hall–Kier alpha value is -4.01. The fourth-order valence-corrected chi connectivity index (χ4v) is 5.28. The molecule has 5 rings (SSSR count). The molecule has 0 bridgehead atoms. The Morgan fingerprint density at radius 2 is 1.75 bits per heavy atom. The maximum absolute atomic E-state index is 13.5. The zero-order valence-electron chi connectivity index (χ0n) is 19.1. The highest BCUT2D eigenvalue weighted by Crippen LogP contribution is 2.44. The van der Waals surface area contributed by atoms with Crippen LogP contribution in [0.3, 0.4) is 0 Å². The predicted molar refractivity (Wildman–Crippen MR) is 140 cm³/mol. The van der Waals surface area contributed by atoms with Crippen LogP contribution < -0.4 is 10.1 Å². The molecule has 1 N–H and O–H groups in total. The molecule has 7 nitrogen and oxygen atoms in total.